The molecule has 0 unspecified atom stereocenters. The molecule has 0 spiro atoms. The standard InChI is InChI=1S/C16H17ClN2O2.ClH/c1-12-4-5-13(17)11-14(12)18-6-8-19(9-7-18)16(20)15-3-2-10-21-15;/h2-5,10-11H,6-9H2,1H3;1H. The smallest absolute Gasteiger partial charge is 0.289 e. The Hall–Kier alpha value is -1.49. The first kappa shape index (κ1) is 16.9. The maximum absolute atomic E-state index is 12.2. The first-order valence-corrected chi connectivity index (χ1v) is 7.47. The fourth-order valence-corrected chi connectivity index (χ4v) is 2.95. The van der Waals surface area contributed by atoms with E-state index in [9.17, 15) is 4.79 Å². The highest BCUT2D eigenvalue weighted by molar-refractivity contribution is 6.30. The van der Waals surface area contributed by atoms with Crippen molar-refractivity contribution in [1.29, 1.82) is 0 Å². The number of hydrogen-bond donors (Lipinski definition) is 1. The minimum atomic E-state index is -0.0260. The van der Waals surface area contributed by atoms with Crippen LogP contribution < -0.4 is 17.3 Å². The third kappa shape index (κ3) is 3.46. The number of furan rings is 1. The van der Waals surface area contributed by atoms with Gasteiger partial charge in [-0.3, -0.25) is 9.69 Å². The molecule has 3 rings (SSSR count). The number of piperazine rings is 1. The maximum atomic E-state index is 12.2. The van der Waals surface area contributed by atoms with E-state index in [2.05, 4.69) is 6.92 Å². The highest BCUT2D eigenvalue weighted by atomic mass is 35.5. The van der Waals surface area contributed by atoms with Gasteiger partial charge in [-0.05, 0) is 25.1 Å². The molecule has 6 heteroatoms. The van der Waals surface area contributed by atoms with Gasteiger partial charge in [0.25, 0.3) is 5.91 Å². The Morgan fingerprint density at radius 2 is 2.00 bits per heavy atom. The van der Waals surface area contributed by atoms with Crippen LogP contribution in [0.2, 0.25) is 5.02 Å². The molecule has 2 aromatic rings. The molecule has 0 aliphatic carbocycles. The van der Waals surface area contributed by atoms with Gasteiger partial charge in [0, 0.05) is 16.7 Å². The van der Waals surface area contributed by atoms with Crippen molar-refractivity contribution in [2.24, 2.45) is 0 Å². The van der Waals surface area contributed by atoms with Crippen LogP contribution in [0.4, 0.5) is 5.69 Å². The SMILES string of the molecule is Cc1ccc(Cl)cc1[NH+]1CCN(C(=O)c2ccco2)CC1.[Cl-]. The lowest BCUT2D eigenvalue weighted by Crippen LogP contribution is -3.10. The molecule has 1 aromatic heterocycles. The maximum Gasteiger partial charge on any atom is 0.289 e. The van der Waals surface area contributed by atoms with Crippen LogP contribution in [-0.2, 0) is 0 Å². The number of rotatable bonds is 2. The van der Waals surface area contributed by atoms with Crippen LogP contribution in [0.5, 0.6) is 0 Å². The molecule has 4 nitrogen and oxygen atoms in total. The Labute approximate surface area is 141 Å². The lowest BCUT2D eigenvalue weighted by atomic mass is 10.1. The molecular weight excluding hydrogens is 323 g/mol. The van der Waals surface area contributed by atoms with Crippen LogP contribution in [0.1, 0.15) is 16.1 Å². The van der Waals surface area contributed by atoms with Gasteiger partial charge >= 0.3 is 0 Å². The molecule has 118 valence electrons. The first-order chi connectivity index (χ1) is 10.1. The van der Waals surface area contributed by atoms with Crippen LogP contribution in [-0.4, -0.2) is 37.0 Å². The highest BCUT2D eigenvalue weighted by Gasteiger charge is 2.27. The first-order valence-electron chi connectivity index (χ1n) is 7.09. The minimum absolute atomic E-state index is 0. The fraction of sp³-hybridized carbons (Fsp3) is 0.312. The van der Waals surface area contributed by atoms with Crippen molar-refractivity contribution >= 4 is 23.2 Å². The summed E-state index contributed by atoms with van der Waals surface area (Å²) in [6, 6.07) is 9.44. The second-order valence-electron chi connectivity index (χ2n) is 5.33. The zero-order chi connectivity index (χ0) is 14.8. The Morgan fingerprint density at radius 1 is 1.27 bits per heavy atom. The van der Waals surface area contributed by atoms with E-state index in [1.165, 1.54) is 22.4 Å². The van der Waals surface area contributed by atoms with Crippen LogP contribution in [0.15, 0.2) is 41.0 Å². The van der Waals surface area contributed by atoms with E-state index in [0.29, 0.717) is 5.76 Å². The summed E-state index contributed by atoms with van der Waals surface area (Å²) in [6.45, 7) is 5.31. The third-order valence-corrected chi connectivity index (χ3v) is 4.20. The van der Waals surface area contributed by atoms with Gasteiger partial charge in [0.15, 0.2) is 5.76 Å². The molecule has 0 atom stereocenters. The topological polar surface area (TPSA) is 37.9 Å². The molecule has 1 amide bonds. The monoisotopic (exact) mass is 340 g/mol. The highest BCUT2D eigenvalue weighted by Crippen LogP contribution is 2.17. The van der Waals surface area contributed by atoms with Gasteiger partial charge < -0.3 is 21.7 Å². The predicted molar refractivity (Wildman–Crippen MR) is 81.2 cm³/mol. The van der Waals surface area contributed by atoms with Crippen LogP contribution >= 0.6 is 11.6 Å². The molecule has 1 aliphatic heterocycles. The molecule has 1 aliphatic rings. The van der Waals surface area contributed by atoms with E-state index in [1.807, 2.05) is 23.1 Å². The lowest BCUT2D eigenvalue weighted by Gasteiger charge is -2.32. The lowest BCUT2D eigenvalue weighted by molar-refractivity contribution is -0.837. The van der Waals surface area contributed by atoms with Gasteiger partial charge in [-0.15, -0.1) is 0 Å². The third-order valence-electron chi connectivity index (χ3n) is 3.97. The summed E-state index contributed by atoms with van der Waals surface area (Å²) in [5, 5.41) is 0.761. The van der Waals surface area contributed by atoms with Gasteiger partial charge in [-0.25, -0.2) is 0 Å². The summed E-state index contributed by atoms with van der Waals surface area (Å²) in [5.41, 5.74) is 2.47. The molecule has 1 saturated heterocycles. The summed E-state index contributed by atoms with van der Waals surface area (Å²) >= 11 is 6.09. The second kappa shape index (κ2) is 7.18. The van der Waals surface area contributed by atoms with Crippen molar-refractivity contribution in [3.8, 4) is 0 Å². The summed E-state index contributed by atoms with van der Waals surface area (Å²) in [6.07, 6.45) is 1.53. The molecule has 1 aromatic carbocycles. The molecule has 0 saturated carbocycles. The quantitative estimate of drug-likeness (QED) is 0.755. The number of carbonyl (C=O) groups excluding carboxylic acids is 1. The Kier molecular flexibility index (Phi) is 5.51. The van der Waals surface area contributed by atoms with Crippen molar-refractivity contribution in [3.63, 3.8) is 0 Å². The Balaban J connectivity index is 0.00000176. The van der Waals surface area contributed by atoms with Gasteiger partial charge in [-0.2, -0.15) is 0 Å². The van der Waals surface area contributed by atoms with E-state index in [4.69, 9.17) is 16.0 Å². The van der Waals surface area contributed by atoms with Gasteiger partial charge in [0.05, 0.1) is 32.4 Å². The largest absolute Gasteiger partial charge is 1.00 e. The van der Waals surface area contributed by atoms with Gasteiger partial charge in [-0.1, -0.05) is 17.7 Å². The Bertz CT molecular complexity index is 636. The average Bonchev–Trinajstić information content (AvgIpc) is 3.03. The van der Waals surface area contributed by atoms with Gasteiger partial charge in [0.2, 0.25) is 0 Å². The number of nitrogens with one attached hydrogen (secondary N) is 1. The molecular formula is C16H18Cl2N2O2. The number of halogens is 2. The summed E-state index contributed by atoms with van der Waals surface area (Å²) in [5.74, 6) is 0.388. The number of aryl methyl sites for hydroxylation is 1. The van der Waals surface area contributed by atoms with Crippen LogP contribution in [0.25, 0.3) is 0 Å². The Morgan fingerprint density at radius 3 is 2.64 bits per heavy atom. The number of hydrogen-bond acceptors (Lipinski definition) is 2. The molecule has 22 heavy (non-hydrogen) atoms. The van der Waals surface area contributed by atoms with E-state index >= 15 is 0 Å². The van der Waals surface area contributed by atoms with E-state index in [1.54, 1.807) is 12.1 Å². The van der Waals surface area contributed by atoms with E-state index < -0.39 is 0 Å². The summed E-state index contributed by atoms with van der Waals surface area (Å²) in [4.78, 5) is 15.4. The van der Waals surface area contributed by atoms with Crippen LogP contribution in [0, 0.1) is 6.92 Å². The number of benzene rings is 1. The molecule has 0 bridgehead atoms. The van der Waals surface area contributed by atoms with Crippen molar-refractivity contribution in [2.45, 2.75) is 6.92 Å². The zero-order valence-electron chi connectivity index (χ0n) is 12.3. The van der Waals surface area contributed by atoms with Crippen molar-refractivity contribution in [1.82, 2.24) is 4.90 Å². The fourth-order valence-electron chi connectivity index (χ4n) is 2.78. The molecule has 0 radical (unpaired) electrons. The molecule has 2 heterocycles. The second-order valence-corrected chi connectivity index (χ2v) is 5.77. The number of amides is 1. The van der Waals surface area contributed by atoms with E-state index in [0.717, 1.165) is 31.2 Å². The zero-order valence-corrected chi connectivity index (χ0v) is 13.8. The van der Waals surface area contributed by atoms with Crippen LogP contribution in [0.3, 0.4) is 0 Å². The van der Waals surface area contributed by atoms with E-state index in [-0.39, 0.29) is 18.3 Å². The number of quaternary nitrogens is 1. The molecule has 1 fully saturated rings. The molecule has 1 N–H and O–H groups in total. The normalized spacial score (nSPS) is 15.5. The van der Waals surface area contributed by atoms with Crippen molar-refractivity contribution in [3.05, 3.63) is 52.9 Å². The predicted octanol–water partition coefficient (Wildman–Crippen LogP) is -1.08. The minimum Gasteiger partial charge on any atom is -1.00 e. The van der Waals surface area contributed by atoms with Crippen molar-refractivity contribution in [2.75, 3.05) is 26.2 Å². The number of carbonyl (C=O) groups is 1. The summed E-state index contributed by atoms with van der Waals surface area (Å²) in [7, 11) is 0. The van der Waals surface area contributed by atoms with Crippen molar-refractivity contribution < 1.29 is 26.5 Å². The van der Waals surface area contributed by atoms with Gasteiger partial charge in [0.1, 0.15) is 5.69 Å². The number of nitrogens with zero attached hydrogens (tertiary/aromatic N) is 1. The summed E-state index contributed by atoms with van der Waals surface area (Å²) < 4.78 is 5.18. The average molecular weight is 341 g/mol.